The number of carbonyl (C=O) groups is 3. The van der Waals surface area contributed by atoms with Crippen molar-refractivity contribution in [2.75, 3.05) is 18.5 Å². The van der Waals surface area contributed by atoms with Gasteiger partial charge in [0.25, 0.3) is 11.8 Å². The highest BCUT2D eigenvalue weighted by atomic mass is 16.5. The second-order valence-electron chi connectivity index (χ2n) is 5.58. The molecule has 2 N–H and O–H groups in total. The Balaban J connectivity index is 1.83. The first-order chi connectivity index (χ1) is 11.1. The maximum absolute atomic E-state index is 11.8. The molecule has 124 valence electrons. The van der Waals surface area contributed by atoms with Crippen molar-refractivity contribution in [1.82, 2.24) is 5.32 Å². The summed E-state index contributed by atoms with van der Waals surface area (Å²) in [4.78, 5) is 35.4. The summed E-state index contributed by atoms with van der Waals surface area (Å²) in [5.74, 6) is -0.974. The van der Waals surface area contributed by atoms with Gasteiger partial charge in [0.1, 0.15) is 0 Å². The van der Waals surface area contributed by atoms with Crippen molar-refractivity contribution in [3.63, 3.8) is 0 Å². The van der Waals surface area contributed by atoms with Gasteiger partial charge in [-0.15, -0.1) is 0 Å². The van der Waals surface area contributed by atoms with Gasteiger partial charge in [-0.05, 0) is 38.0 Å². The molecule has 0 aliphatic heterocycles. The molecule has 0 radical (unpaired) electrons. The summed E-state index contributed by atoms with van der Waals surface area (Å²) in [6.07, 6.45) is 3.77. The number of rotatable bonds is 6. The monoisotopic (exact) mass is 318 g/mol. The Bertz CT molecular complexity index is 580. The number of hydrogen-bond donors (Lipinski definition) is 2. The molecule has 1 aromatic carbocycles. The lowest BCUT2D eigenvalue weighted by Crippen LogP contribution is -2.24. The molecule has 1 aliphatic rings. The Kier molecular flexibility index (Phi) is 6.14. The fourth-order valence-corrected chi connectivity index (χ4v) is 2.61. The van der Waals surface area contributed by atoms with Gasteiger partial charge in [-0.1, -0.05) is 18.9 Å². The predicted molar refractivity (Wildman–Crippen MR) is 86.0 cm³/mol. The number of ether oxygens (including phenoxy) is 1. The van der Waals surface area contributed by atoms with Crippen LogP contribution in [0.3, 0.4) is 0 Å². The summed E-state index contributed by atoms with van der Waals surface area (Å²) < 4.78 is 5.05. The summed E-state index contributed by atoms with van der Waals surface area (Å²) in [5, 5.41) is 5.32. The van der Waals surface area contributed by atoms with Crippen LogP contribution in [-0.2, 0) is 14.3 Å². The lowest BCUT2D eigenvalue weighted by Gasteiger charge is -2.10. The molecule has 6 nitrogen and oxygen atoms in total. The molecule has 0 bridgehead atoms. The number of nitrogens with one attached hydrogen (secondary N) is 2. The van der Waals surface area contributed by atoms with Crippen molar-refractivity contribution >= 4 is 23.5 Å². The van der Waals surface area contributed by atoms with Crippen LogP contribution in [0.2, 0.25) is 0 Å². The number of esters is 1. The number of benzene rings is 1. The van der Waals surface area contributed by atoms with E-state index in [9.17, 15) is 14.4 Å². The molecule has 1 saturated carbocycles. The third-order valence-corrected chi connectivity index (χ3v) is 3.78. The zero-order chi connectivity index (χ0) is 16.7. The Morgan fingerprint density at radius 3 is 2.65 bits per heavy atom. The van der Waals surface area contributed by atoms with E-state index in [0.717, 1.165) is 25.7 Å². The SMILES string of the molecule is CCNC(=O)c1cccc(NC(=O)COC(=O)C2CCCC2)c1. The molecule has 0 atom stereocenters. The van der Waals surface area contributed by atoms with Gasteiger partial charge in [0.2, 0.25) is 0 Å². The Labute approximate surface area is 135 Å². The number of hydrogen-bond acceptors (Lipinski definition) is 4. The zero-order valence-corrected chi connectivity index (χ0v) is 13.3. The average Bonchev–Trinajstić information content (AvgIpc) is 3.07. The van der Waals surface area contributed by atoms with Crippen LogP contribution in [0.25, 0.3) is 0 Å². The van der Waals surface area contributed by atoms with Crippen LogP contribution < -0.4 is 10.6 Å². The molecule has 1 aliphatic carbocycles. The molecule has 0 aromatic heterocycles. The third kappa shape index (κ3) is 5.09. The molecule has 2 amide bonds. The van der Waals surface area contributed by atoms with Crippen molar-refractivity contribution in [1.29, 1.82) is 0 Å². The maximum atomic E-state index is 11.8. The highest BCUT2D eigenvalue weighted by molar-refractivity contribution is 5.97. The highest BCUT2D eigenvalue weighted by Crippen LogP contribution is 2.25. The molecular formula is C17H22N2O4. The van der Waals surface area contributed by atoms with E-state index in [1.165, 1.54) is 0 Å². The van der Waals surface area contributed by atoms with Gasteiger partial charge in [0.05, 0.1) is 5.92 Å². The average molecular weight is 318 g/mol. The summed E-state index contributed by atoms with van der Waals surface area (Å²) >= 11 is 0. The molecule has 1 fully saturated rings. The molecule has 0 spiro atoms. The van der Waals surface area contributed by atoms with Crippen LogP contribution >= 0.6 is 0 Å². The summed E-state index contributed by atoms with van der Waals surface area (Å²) in [7, 11) is 0. The Hall–Kier alpha value is -2.37. The van der Waals surface area contributed by atoms with E-state index >= 15 is 0 Å². The number of anilines is 1. The third-order valence-electron chi connectivity index (χ3n) is 3.78. The second-order valence-corrected chi connectivity index (χ2v) is 5.58. The number of carbonyl (C=O) groups excluding carboxylic acids is 3. The largest absolute Gasteiger partial charge is 0.455 e. The molecule has 2 rings (SSSR count). The minimum atomic E-state index is -0.413. The van der Waals surface area contributed by atoms with Gasteiger partial charge >= 0.3 is 5.97 Å². The van der Waals surface area contributed by atoms with E-state index in [0.29, 0.717) is 17.8 Å². The number of amides is 2. The molecule has 0 saturated heterocycles. The van der Waals surface area contributed by atoms with Gasteiger partial charge in [-0.25, -0.2) is 0 Å². The Morgan fingerprint density at radius 1 is 1.22 bits per heavy atom. The lowest BCUT2D eigenvalue weighted by atomic mass is 10.1. The quantitative estimate of drug-likeness (QED) is 0.787. The highest BCUT2D eigenvalue weighted by Gasteiger charge is 2.24. The van der Waals surface area contributed by atoms with Crippen LogP contribution in [-0.4, -0.2) is 30.9 Å². The van der Waals surface area contributed by atoms with Gasteiger partial charge in [0.15, 0.2) is 6.61 Å². The van der Waals surface area contributed by atoms with Gasteiger partial charge < -0.3 is 15.4 Å². The van der Waals surface area contributed by atoms with Crippen LogP contribution in [0.15, 0.2) is 24.3 Å². The molecule has 0 unspecified atom stereocenters. The Morgan fingerprint density at radius 2 is 1.96 bits per heavy atom. The second kappa shape index (κ2) is 8.31. The van der Waals surface area contributed by atoms with Crippen molar-refractivity contribution in [3.05, 3.63) is 29.8 Å². The topological polar surface area (TPSA) is 84.5 Å². The standard InChI is InChI=1S/C17H22N2O4/c1-2-18-16(21)13-8-5-9-14(10-13)19-15(20)11-23-17(22)12-6-3-4-7-12/h5,8-10,12H,2-4,6-7,11H2,1H3,(H,18,21)(H,19,20). The molecule has 6 heteroatoms. The van der Waals surface area contributed by atoms with E-state index in [1.54, 1.807) is 24.3 Å². The smallest absolute Gasteiger partial charge is 0.309 e. The van der Waals surface area contributed by atoms with Crippen molar-refractivity contribution in [2.45, 2.75) is 32.6 Å². The summed E-state index contributed by atoms with van der Waals surface area (Å²) in [6, 6.07) is 6.62. The first-order valence-electron chi connectivity index (χ1n) is 7.95. The van der Waals surface area contributed by atoms with Gasteiger partial charge in [0, 0.05) is 17.8 Å². The van der Waals surface area contributed by atoms with E-state index < -0.39 is 5.91 Å². The summed E-state index contributed by atoms with van der Waals surface area (Å²) in [6.45, 7) is 2.06. The molecule has 0 heterocycles. The zero-order valence-electron chi connectivity index (χ0n) is 13.3. The van der Waals surface area contributed by atoms with Crippen molar-refractivity contribution in [3.8, 4) is 0 Å². The van der Waals surface area contributed by atoms with Crippen molar-refractivity contribution in [2.24, 2.45) is 5.92 Å². The van der Waals surface area contributed by atoms with E-state index in [2.05, 4.69) is 10.6 Å². The molecule has 1 aromatic rings. The normalized spacial score (nSPS) is 14.3. The van der Waals surface area contributed by atoms with E-state index in [-0.39, 0.29) is 24.4 Å². The summed E-state index contributed by atoms with van der Waals surface area (Å²) in [5.41, 5.74) is 0.961. The lowest BCUT2D eigenvalue weighted by molar-refractivity contribution is -0.151. The molecule has 23 heavy (non-hydrogen) atoms. The van der Waals surface area contributed by atoms with Crippen LogP contribution in [0.4, 0.5) is 5.69 Å². The van der Waals surface area contributed by atoms with Gasteiger partial charge in [-0.2, -0.15) is 0 Å². The minimum Gasteiger partial charge on any atom is -0.455 e. The first-order valence-corrected chi connectivity index (χ1v) is 7.95. The maximum Gasteiger partial charge on any atom is 0.309 e. The molecular weight excluding hydrogens is 296 g/mol. The fourth-order valence-electron chi connectivity index (χ4n) is 2.61. The van der Waals surface area contributed by atoms with Crippen LogP contribution in [0, 0.1) is 5.92 Å². The van der Waals surface area contributed by atoms with Crippen molar-refractivity contribution < 1.29 is 19.1 Å². The fraction of sp³-hybridized carbons (Fsp3) is 0.471. The minimum absolute atomic E-state index is 0.0659. The van der Waals surface area contributed by atoms with E-state index in [1.807, 2.05) is 6.92 Å². The van der Waals surface area contributed by atoms with Crippen LogP contribution in [0.5, 0.6) is 0 Å². The van der Waals surface area contributed by atoms with Crippen LogP contribution in [0.1, 0.15) is 43.0 Å². The van der Waals surface area contributed by atoms with Gasteiger partial charge in [-0.3, -0.25) is 14.4 Å². The predicted octanol–water partition coefficient (Wildman–Crippen LogP) is 2.11. The van der Waals surface area contributed by atoms with E-state index in [4.69, 9.17) is 4.74 Å². The first kappa shape index (κ1) is 17.0.